The molecule has 0 aliphatic carbocycles. The van der Waals surface area contributed by atoms with Crippen LogP contribution in [0.1, 0.15) is 13.8 Å². The number of H-pyrrole nitrogens is 1. The highest BCUT2D eigenvalue weighted by Gasteiger charge is 2.15. The summed E-state index contributed by atoms with van der Waals surface area (Å²) in [6, 6.07) is 18.0. The van der Waals surface area contributed by atoms with Crippen molar-refractivity contribution in [2.45, 2.75) is 20.0 Å². The van der Waals surface area contributed by atoms with Crippen LogP contribution in [0.4, 0.5) is 4.39 Å². The molecule has 1 N–H and O–H groups in total. The van der Waals surface area contributed by atoms with Crippen LogP contribution >= 0.6 is 0 Å². The lowest BCUT2D eigenvalue weighted by atomic mass is 10.1. The molecule has 0 atom stereocenters. The summed E-state index contributed by atoms with van der Waals surface area (Å²) < 4.78 is 19.1. The normalized spacial score (nSPS) is 11.0. The molecule has 28 heavy (non-hydrogen) atoms. The third kappa shape index (κ3) is 3.78. The van der Waals surface area contributed by atoms with Crippen molar-refractivity contribution in [2.75, 3.05) is 0 Å². The third-order valence-electron chi connectivity index (χ3n) is 4.29. The molecule has 0 aliphatic heterocycles. The van der Waals surface area contributed by atoms with Crippen molar-refractivity contribution in [3.05, 3.63) is 78.9 Å². The number of ether oxygens (including phenoxy) is 1. The molecule has 140 valence electrons. The Morgan fingerprint density at radius 3 is 2.11 bits per heavy atom. The van der Waals surface area contributed by atoms with Gasteiger partial charge in [0, 0.05) is 29.1 Å². The first-order valence-electron chi connectivity index (χ1n) is 9.13. The largest absolute Gasteiger partial charge is 0.491 e. The quantitative estimate of drug-likeness (QED) is 0.486. The van der Waals surface area contributed by atoms with Crippen LogP contribution in [0.15, 0.2) is 73.1 Å². The first-order chi connectivity index (χ1) is 13.6. The van der Waals surface area contributed by atoms with E-state index in [0.717, 1.165) is 39.7 Å². The first kappa shape index (κ1) is 17.9. The van der Waals surface area contributed by atoms with Crippen LogP contribution in [0.5, 0.6) is 5.75 Å². The Balaban J connectivity index is 1.78. The summed E-state index contributed by atoms with van der Waals surface area (Å²) in [6.07, 6.45) is 3.60. The van der Waals surface area contributed by atoms with Crippen LogP contribution < -0.4 is 4.74 Å². The molecule has 0 spiro atoms. The van der Waals surface area contributed by atoms with E-state index in [2.05, 4.69) is 9.97 Å². The van der Waals surface area contributed by atoms with Crippen molar-refractivity contribution >= 4 is 0 Å². The van der Waals surface area contributed by atoms with E-state index in [0.29, 0.717) is 0 Å². The highest BCUT2D eigenvalue weighted by Crippen LogP contribution is 2.33. The maximum atomic E-state index is 13.4. The number of imidazole rings is 1. The number of nitrogens with one attached hydrogen (secondary N) is 1. The van der Waals surface area contributed by atoms with Crippen LogP contribution in [0.3, 0.4) is 0 Å². The zero-order valence-corrected chi connectivity index (χ0v) is 15.7. The Morgan fingerprint density at radius 1 is 0.821 bits per heavy atom. The molecule has 0 fully saturated rings. The number of aromatic nitrogens is 3. The van der Waals surface area contributed by atoms with Gasteiger partial charge < -0.3 is 9.72 Å². The molecule has 0 amide bonds. The van der Waals surface area contributed by atoms with Gasteiger partial charge in [0.15, 0.2) is 0 Å². The van der Waals surface area contributed by atoms with Crippen molar-refractivity contribution in [3.63, 3.8) is 0 Å². The number of aromatic amines is 1. The smallest absolute Gasteiger partial charge is 0.138 e. The molecule has 0 aliphatic rings. The Bertz CT molecular complexity index is 1060. The number of rotatable bonds is 5. The van der Waals surface area contributed by atoms with Crippen LogP contribution in [-0.2, 0) is 0 Å². The van der Waals surface area contributed by atoms with Gasteiger partial charge in [-0.1, -0.05) is 0 Å². The molecular formula is C23H20FN3O. The molecule has 2 aromatic heterocycles. The maximum absolute atomic E-state index is 13.4. The molecule has 4 nitrogen and oxygen atoms in total. The summed E-state index contributed by atoms with van der Waals surface area (Å²) in [5.41, 5.74) is 4.39. The van der Waals surface area contributed by atoms with Gasteiger partial charge in [-0.3, -0.25) is 4.98 Å². The molecule has 2 aromatic carbocycles. The van der Waals surface area contributed by atoms with E-state index in [1.54, 1.807) is 24.5 Å². The second kappa shape index (κ2) is 7.64. The minimum absolute atomic E-state index is 0.123. The first-order valence-corrected chi connectivity index (χ1v) is 9.13. The Labute approximate surface area is 163 Å². The predicted octanol–water partition coefficient (Wildman–Crippen LogP) is 5.73. The van der Waals surface area contributed by atoms with Crippen molar-refractivity contribution < 1.29 is 9.13 Å². The van der Waals surface area contributed by atoms with E-state index in [1.165, 1.54) is 12.1 Å². The van der Waals surface area contributed by atoms with Gasteiger partial charge in [0.25, 0.3) is 0 Å². The van der Waals surface area contributed by atoms with Crippen LogP contribution in [0, 0.1) is 5.82 Å². The predicted molar refractivity (Wildman–Crippen MR) is 108 cm³/mol. The highest BCUT2D eigenvalue weighted by molar-refractivity contribution is 5.81. The average Bonchev–Trinajstić information content (AvgIpc) is 3.15. The van der Waals surface area contributed by atoms with Gasteiger partial charge in [-0.2, -0.15) is 0 Å². The van der Waals surface area contributed by atoms with Crippen molar-refractivity contribution in [3.8, 4) is 39.7 Å². The summed E-state index contributed by atoms with van der Waals surface area (Å²) in [5, 5.41) is 0. The van der Waals surface area contributed by atoms with Gasteiger partial charge in [0.05, 0.1) is 17.5 Å². The van der Waals surface area contributed by atoms with Gasteiger partial charge >= 0.3 is 0 Å². The standard InChI is InChI=1S/C23H20FN3O/c1-15(2)28-20-9-5-18(6-10-20)23-26-21(16-3-7-19(24)8-4-16)22(27-23)17-11-13-25-14-12-17/h3-15H,1-2H3,(H,26,27). The summed E-state index contributed by atoms with van der Waals surface area (Å²) in [6.45, 7) is 3.99. The molecule has 0 radical (unpaired) electrons. The van der Waals surface area contributed by atoms with Crippen molar-refractivity contribution in [2.24, 2.45) is 0 Å². The summed E-state index contributed by atoms with van der Waals surface area (Å²) >= 11 is 0. The zero-order chi connectivity index (χ0) is 19.5. The Morgan fingerprint density at radius 2 is 1.46 bits per heavy atom. The highest BCUT2D eigenvalue weighted by atomic mass is 19.1. The van der Waals surface area contributed by atoms with E-state index in [1.807, 2.05) is 50.2 Å². The second-order valence-corrected chi connectivity index (χ2v) is 6.74. The van der Waals surface area contributed by atoms with Gasteiger partial charge in [0.1, 0.15) is 17.4 Å². The van der Waals surface area contributed by atoms with Crippen LogP contribution in [-0.4, -0.2) is 21.1 Å². The summed E-state index contributed by atoms with van der Waals surface area (Å²) in [5.74, 6) is 1.28. The lowest BCUT2D eigenvalue weighted by Crippen LogP contribution is -2.05. The fourth-order valence-electron chi connectivity index (χ4n) is 3.02. The Hall–Kier alpha value is -3.47. The third-order valence-corrected chi connectivity index (χ3v) is 4.29. The number of nitrogens with zero attached hydrogens (tertiary/aromatic N) is 2. The number of halogens is 1. The van der Waals surface area contributed by atoms with E-state index < -0.39 is 0 Å². The number of hydrogen-bond donors (Lipinski definition) is 1. The summed E-state index contributed by atoms with van der Waals surface area (Å²) in [4.78, 5) is 12.3. The minimum atomic E-state index is -0.272. The lowest BCUT2D eigenvalue weighted by molar-refractivity contribution is 0.242. The lowest BCUT2D eigenvalue weighted by Gasteiger charge is -2.09. The molecule has 5 heteroatoms. The van der Waals surface area contributed by atoms with E-state index in [9.17, 15) is 4.39 Å². The van der Waals surface area contributed by atoms with Crippen molar-refractivity contribution in [1.29, 1.82) is 0 Å². The molecule has 4 aromatic rings. The molecule has 0 saturated carbocycles. The number of hydrogen-bond acceptors (Lipinski definition) is 3. The van der Waals surface area contributed by atoms with Crippen LogP contribution in [0.2, 0.25) is 0 Å². The topological polar surface area (TPSA) is 50.8 Å². The zero-order valence-electron chi connectivity index (χ0n) is 15.7. The van der Waals surface area contributed by atoms with Gasteiger partial charge in [-0.25, -0.2) is 9.37 Å². The molecule has 4 rings (SSSR count). The number of pyridine rings is 1. The maximum Gasteiger partial charge on any atom is 0.138 e. The van der Waals surface area contributed by atoms with Crippen molar-refractivity contribution in [1.82, 2.24) is 15.0 Å². The molecule has 2 heterocycles. The molecule has 0 saturated heterocycles. The summed E-state index contributed by atoms with van der Waals surface area (Å²) in [7, 11) is 0. The van der Waals surface area contributed by atoms with Crippen LogP contribution in [0.25, 0.3) is 33.9 Å². The SMILES string of the molecule is CC(C)Oc1ccc(-c2nc(-c3ccc(F)cc3)c(-c3ccncc3)[nH]2)cc1. The molecule has 0 bridgehead atoms. The van der Waals surface area contributed by atoms with Gasteiger partial charge in [-0.05, 0) is 74.5 Å². The van der Waals surface area contributed by atoms with E-state index in [4.69, 9.17) is 9.72 Å². The Kier molecular flexibility index (Phi) is 4.89. The fraction of sp³-hybridized carbons (Fsp3) is 0.130. The second-order valence-electron chi connectivity index (χ2n) is 6.74. The molecular weight excluding hydrogens is 353 g/mol. The average molecular weight is 373 g/mol. The van der Waals surface area contributed by atoms with Gasteiger partial charge in [0.2, 0.25) is 0 Å². The van der Waals surface area contributed by atoms with Gasteiger partial charge in [-0.15, -0.1) is 0 Å². The monoisotopic (exact) mass is 373 g/mol. The fourth-order valence-corrected chi connectivity index (χ4v) is 3.02. The van der Waals surface area contributed by atoms with E-state index >= 15 is 0 Å². The number of benzene rings is 2. The minimum Gasteiger partial charge on any atom is -0.491 e. The van der Waals surface area contributed by atoms with E-state index in [-0.39, 0.29) is 11.9 Å². The molecule has 0 unspecified atom stereocenters.